The molecule has 0 unspecified atom stereocenters. The van der Waals surface area contributed by atoms with E-state index in [0.717, 1.165) is 16.9 Å². The molecule has 0 aliphatic heterocycles. The van der Waals surface area contributed by atoms with Gasteiger partial charge in [-0.2, -0.15) is 0 Å². The van der Waals surface area contributed by atoms with Gasteiger partial charge >= 0.3 is 0 Å². The topological polar surface area (TPSA) is 37.5 Å². The lowest BCUT2D eigenvalue weighted by Gasteiger charge is -2.03. The van der Waals surface area contributed by atoms with Gasteiger partial charge in [0.25, 0.3) is 0 Å². The van der Waals surface area contributed by atoms with E-state index in [2.05, 4.69) is 4.98 Å². The van der Waals surface area contributed by atoms with Gasteiger partial charge in [-0.25, -0.2) is 4.98 Å². The summed E-state index contributed by atoms with van der Waals surface area (Å²) in [7, 11) is 0. The number of rotatable bonds is 2. The number of halogens is 1. The van der Waals surface area contributed by atoms with E-state index in [0.29, 0.717) is 11.4 Å². The van der Waals surface area contributed by atoms with Crippen molar-refractivity contribution in [3.63, 3.8) is 0 Å². The van der Waals surface area contributed by atoms with Crippen LogP contribution in [0.4, 0.5) is 0 Å². The Labute approximate surface area is 109 Å². The fourth-order valence-corrected chi connectivity index (χ4v) is 2.16. The number of pyridine rings is 1. The van der Waals surface area contributed by atoms with Crippen molar-refractivity contribution in [2.75, 3.05) is 0 Å². The molecule has 3 aromatic rings. The molecule has 1 aromatic carbocycles. The molecular weight excluding hydrogens is 248 g/mol. The molecule has 1 N–H and O–H groups in total. The maximum atomic E-state index is 9.45. The zero-order valence-corrected chi connectivity index (χ0v) is 10.3. The van der Waals surface area contributed by atoms with Gasteiger partial charge in [-0.15, -0.1) is 0 Å². The molecule has 90 valence electrons. The number of imidazole rings is 1. The monoisotopic (exact) mass is 258 g/mol. The average molecular weight is 259 g/mol. The molecule has 0 radical (unpaired) electrons. The van der Waals surface area contributed by atoms with Crippen LogP contribution in [0, 0.1) is 0 Å². The summed E-state index contributed by atoms with van der Waals surface area (Å²) in [5, 5.41) is 10.1. The SMILES string of the molecule is Oc1cccc(Cc2ncc3ccc(Cl)cn23)c1. The molecule has 0 atom stereocenters. The number of benzene rings is 1. The van der Waals surface area contributed by atoms with Crippen molar-refractivity contribution in [3.8, 4) is 5.75 Å². The van der Waals surface area contributed by atoms with E-state index in [1.54, 1.807) is 12.1 Å². The molecule has 0 bridgehead atoms. The summed E-state index contributed by atoms with van der Waals surface area (Å²) in [5.41, 5.74) is 2.03. The highest BCUT2D eigenvalue weighted by Crippen LogP contribution is 2.17. The van der Waals surface area contributed by atoms with Gasteiger partial charge in [0.1, 0.15) is 11.6 Å². The smallest absolute Gasteiger partial charge is 0.117 e. The number of phenolic OH excluding ortho intramolecular Hbond substituents is 1. The average Bonchev–Trinajstić information content (AvgIpc) is 2.72. The van der Waals surface area contributed by atoms with Crippen molar-refractivity contribution in [3.05, 3.63) is 65.2 Å². The number of nitrogens with zero attached hydrogens (tertiary/aromatic N) is 2. The first-order valence-electron chi connectivity index (χ1n) is 5.62. The van der Waals surface area contributed by atoms with Crippen molar-refractivity contribution in [2.24, 2.45) is 0 Å². The fraction of sp³-hybridized carbons (Fsp3) is 0.0714. The molecule has 0 amide bonds. The van der Waals surface area contributed by atoms with E-state index in [4.69, 9.17) is 11.6 Å². The Morgan fingerprint density at radius 1 is 1.22 bits per heavy atom. The number of aromatic hydroxyl groups is 1. The minimum absolute atomic E-state index is 0.270. The first kappa shape index (κ1) is 11.1. The highest BCUT2D eigenvalue weighted by Gasteiger charge is 2.05. The molecule has 2 aromatic heterocycles. The van der Waals surface area contributed by atoms with Crippen LogP contribution in [-0.2, 0) is 6.42 Å². The molecule has 3 rings (SSSR count). The van der Waals surface area contributed by atoms with Gasteiger partial charge in [0.05, 0.1) is 16.7 Å². The molecule has 4 heteroatoms. The summed E-state index contributed by atoms with van der Waals surface area (Å²) >= 11 is 5.99. The largest absolute Gasteiger partial charge is 0.508 e. The molecule has 0 saturated heterocycles. The second kappa shape index (κ2) is 4.35. The van der Waals surface area contributed by atoms with Gasteiger partial charge in [-0.05, 0) is 29.8 Å². The first-order chi connectivity index (χ1) is 8.72. The number of phenols is 1. The van der Waals surface area contributed by atoms with Crippen LogP contribution >= 0.6 is 11.6 Å². The highest BCUT2D eigenvalue weighted by molar-refractivity contribution is 6.30. The summed E-state index contributed by atoms with van der Waals surface area (Å²) in [4.78, 5) is 4.38. The van der Waals surface area contributed by atoms with Crippen LogP contribution in [0.5, 0.6) is 5.75 Å². The molecule has 0 aliphatic rings. The van der Waals surface area contributed by atoms with Gasteiger partial charge in [0.2, 0.25) is 0 Å². The quantitative estimate of drug-likeness (QED) is 0.766. The second-order valence-corrected chi connectivity index (χ2v) is 4.60. The van der Waals surface area contributed by atoms with Crippen LogP contribution in [0.2, 0.25) is 5.02 Å². The van der Waals surface area contributed by atoms with E-state index < -0.39 is 0 Å². The summed E-state index contributed by atoms with van der Waals surface area (Å²) in [5.74, 6) is 1.17. The van der Waals surface area contributed by atoms with Crippen LogP contribution in [0.25, 0.3) is 5.52 Å². The van der Waals surface area contributed by atoms with Gasteiger partial charge in [0, 0.05) is 12.6 Å². The lowest BCUT2D eigenvalue weighted by Crippen LogP contribution is -1.96. The van der Waals surface area contributed by atoms with Crippen LogP contribution < -0.4 is 0 Å². The highest BCUT2D eigenvalue weighted by atomic mass is 35.5. The molecule has 0 saturated carbocycles. The zero-order chi connectivity index (χ0) is 12.5. The van der Waals surface area contributed by atoms with Gasteiger partial charge in [0.15, 0.2) is 0 Å². The van der Waals surface area contributed by atoms with E-state index in [1.807, 2.05) is 41.1 Å². The Morgan fingerprint density at radius 3 is 2.94 bits per heavy atom. The molecule has 0 aliphatic carbocycles. The third-order valence-corrected chi connectivity index (χ3v) is 3.06. The predicted molar refractivity (Wildman–Crippen MR) is 71.1 cm³/mol. The Morgan fingerprint density at radius 2 is 2.11 bits per heavy atom. The van der Waals surface area contributed by atoms with Crippen LogP contribution in [0.3, 0.4) is 0 Å². The van der Waals surface area contributed by atoms with Crippen molar-refractivity contribution in [1.82, 2.24) is 9.38 Å². The lowest BCUT2D eigenvalue weighted by molar-refractivity contribution is 0.474. The third-order valence-electron chi connectivity index (χ3n) is 2.84. The number of fused-ring (bicyclic) bond motifs is 1. The minimum atomic E-state index is 0.270. The fourth-order valence-electron chi connectivity index (χ4n) is 2.00. The van der Waals surface area contributed by atoms with Crippen molar-refractivity contribution < 1.29 is 5.11 Å². The van der Waals surface area contributed by atoms with Gasteiger partial charge in [-0.3, -0.25) is 0 Å². The van der Waals surface area contributed by atoms with Crippen LogP contribution in [-0.4, -0.2) is 14.5 Å². The number of aromatic nitrogens is 2. The van der Waals surface area contributed by atoms with Crippen molar-refractivity contribution in [1.29, 1.82) is 0 Å². The summed E-state index contributed by atoms with van der Waals surface area (Å²) < 4.78 is 1.96. The van der Waals surface area contributed by atoms with Crippen LogP contribution in [0.15, 0.2) is 48.8 Å². The summed E-state index contributed by atoms with van der Waals surface area (Å²) in [6.07, 6.45) is 4.32. The molecule has 0 spiro atoms. The normalized spacial score (nSPS) is 10.9. The summed E-state index contributed by atoms with van der Waals surface area (Å²) in [6.45, 7) is 0. The van der Waals surface area contributed by atoms with Gasteiger partial charge in [-0.1, -0.05) is 23.7 Å². The van der Waals surface area contributed by atoms with E-state index in [9.17, 15) is 5.11 Å². The zero-order valence-electron chi connectivity index (χ0n) is 9.55. The Balaban J connectivity index is 2.02. The second-order valence-electron chi connectivity index (χ2n) is 4.16. The Kier molecular flexibility index (Phi) is 2.68. The first-order valence-corrected chi connectivity index (χ1v) is 5.99. The minimum Gasteiger partial charge on any atom is -0.508 e. The molecule has 2 heterocycles. The van der Waals surface area contributed by atoms with E-state index in [1.165, 1.54) is 0 Å². The maximum Gasteiger partial charge on any atom is 0.117 e. The summed E-state index contributed by atoms with van der Waals surface area (Å²) in [6, 6.07) is 11.0. The van der Waals surface area contributed by atoms with E-state index in [-0.39, 0.29) is 5.75 Å². The Bertz CT molecular complexity index is 706. The molecule has 3 nitrogen and oxygen atoms in total. The molecule has 0 fully saturated rings. The maximum absolute atomic E-state index is 9.45. The van der Waals surface area contributed by atoms with E-state index >= 15 is 0 Å². The van der Waals surface area contributed by atoms with Gasteiger partial charge < -0.3 is 9.51 Å². The predicted octanol–water partition coefficient (Wildman–Crippen LogP) is 3.28. The van der Waals surface area contributed by atoms with Crippen molar-refractivity contribution >= 4 is 17.1 Å². The number of hydrogen-bond donors (Lipinski definition) is 1. The number of hydrogen-bond acceptors (Lipinski definition) is 2. The standard InChI is InChI=1S/C14H11ClN2O/c15-11-4-5-12-8-16-14(17(12)9-11)7-10-2-1-3-13(18)6-10/h1-6,8-9,18H,7H2. The third kappa shape index (κ3) is 2.05. The molecule has 18 heavy (non-hydrogen) atoms. The van der Waals surface area contributed by atoms with Crippen LogP contribution in [0.1, 0.15) is 11.4 Å². The van der Waals surface area contributed by atoms with Crippen molar-refractivity contribution in [2.45, 2.75) is 6.42 Å². The molecular formula is C14H11ClN2O. The lowest BCUT2D eigenvalue weighted by atomic mass is 10.1. The Hall–Kier alpha value is -2.00.